The third kappa shape index (κ3) is 2.70. The number of aryl methyl sites for hydroxylation is 1. The van der Waals surface area contributed by atoms with Gasteiger partial charge in [-0.15, -0.1) is 0 Å². The van der Waals surface area contributed by atoms with Crippen LogP contribution in [0, 0.1) is 12.7 Å². The van der Waals surface area contributed by atoms with Gasteiger partial charge in [-0.25, -0.2) is 4.39 Å². The van der Waals surface area contributed by atoms with Crippen molar-refractivity contribution in [1.29, 1.82) is 0 Å². The number of hydrogen-bond acceptors (Lipinski definition) is 4. The molecule has 4 rings (SSSR count). The Morgan fingerprint density at radius 3 is 2.92 bits per heavy atom. The maximum absolute atomic E-state index is 14.4. The molecule has 1 aliphatic rings. The predicted molar refractivity (Wildman–Crippen MR) is 93.4 cm³/mol. The Balaban J connectivity index is 1.77. The number of aromatic nitrogens is 1. The second-order valence-electron chi connectivity index (χ2n) is 6.23. The number of benzene rings is 1. The second-order valence-corrected chi connectivity index (χ2v) is 6.64. The summed E-state index contributed by atoms with van der Waals surface area (Å²) in [6.45, 7) is 2.22. The summed E-state index contributed by atoms with van der Waals surface area (Å²) >= 11 is 6.16. The molecule has 1 fully saturated rings. The minimum absolute atomic E-state index is 0.0723. The molecule has 1 atom stereocenters. The fourth-order valence-corrected chi connectivity index (χ4v) is 3.70. The summed E-state index contributed by atoms with van der Waals surface area (Å²) in [5, 5.41) is 4.09. The average molecular weight is 375 g/mol. The van der Waals surface area contributed by atoms with E-state index in [0.717, 1.165) is 18.6 Å². The maximum atomic E-state index is 14.4. The summed E-state index contributed by atoms with van der Waals surface area (Å²) in [7, 11) is 0. The number of carbonyl (C=O) groups excluding carboxylic acids is 1. The van der Waals surface area contributed by atoms with E-state index in [1.165, 1.54) is 12.1 Å². The lowest BCUT2D eigenvalue weighted by molar-refractivity contribution is 0.0719. The molecule has 3 heterocycles. The van der Waals surface area contributed by atoms with Gasteiger partial charge >= 0.3 is 0 Å². The van der Waals surface area contributed by atoms with Crippen molar-refractivity contribution in [3.8, 4) is 11.3 Å². The summed E-state index contributed by atoms with van der Waals surface area (Å²) in [5.41, 5.74) is 0.430. The van der Waals surface area contributed by atoms with Crippen LogP contribution in [0.5, 0.6) is 0 Å². The molecule has 1 aromatic carbocycles. The molecule has 5 nitrogen and oxygen atoms in total. The summed E-state index contributed by atoms with van der Waals surface area (Å²) in [6.07, 6.45) is 3.25. The lowest BCUT2D eigenvalue weighted by Crippen LogP contribution is -2.31. The van der Waals surface area contributed by atoms with Crippen molar-refractivity contribution in [2.45, 2.75) is 25.8 Å². The summed E-state index contributed by atoms with van der Waals surface area (Å²) < 4.78 is 25.1. The van der Waals surface area contributed by atoms with Gasteiger partial charge in [0.05, 0.1) is 22.9 Å². The molecule has 3 aromatic rings. The predicted octanol–water partition coefficient (Wildman–Crippen LogP) is 5.01. The zero-order valence-corrected chi connectivity index (χ0v) is 14.8. The molecular weight excluding hydrogens is 359 g/mol. The van der Waals surface area contributed by atoms with E-state index in [4.69, 9.17) is 20.5 Å². The molecule has 1 amide bonds. The van der Waals surface area contributed by atoms with Crippen LogP contribution in [0.2, 0.25) is 5.02 Å². The molecule has 0 bridgehead atoms. The lowest BCUT2D eigenvalue weighted by Gasteiger charge is -2.23. The first kappa shape index (κ1) is 16.8. The molecule has 0 N–H and O–H groups in total. The number of hydrogen-bond donors (Lipinski definition) is 0. The Labute approximate surface area is 154 Å². The highest BCUT2D eigenvalue weighted by molar-refractivity contribution is 6.33. The normalized spacial score (nSPS) is 17.0. The monoisotopic (exact) mass is 374 g/mol. The molecule has 0 aliphatic carbocycles. The minimum Gasteiger partial charge on any atom is -0.467 e. The zero-order valence-electron chi connectivity index (χ0n) is 14.0. The van der Waals surface area contributed by atoms with E-state index < -0.39 is 5.82 Å². The van der Waals surface area contributed by atoms with E-state index in [2.05, 4.69) is 5.16 Å². The van der Waals surface area contributed by atoms with Crippen molar-refractivity contribution >= 4 is 17.5 Å². The number of nitrogens with zero attached hydrogens (tertiary/aromatic N) is 2. The molecule has 1 aliphatic heterocycles. The summed E-state index contributed by atoms with van der Waals surface area (Å²) in [6, 6.07) is 7.83. The van der Waals surface area contributed by atoms with E-state index in [1.807, 2.05) is 6.07 Å². The second kappa shape index (κ2) is 6.61. The van der Waals surface area contributed by atoms with Crippen LogP contribution in [0.3, 0.4) is 0 Å². The summed E-state index contributed by atoms with van der Waals surface area (Å²) in [5.74, 6) is 0.241. The molecule has 134 valence electrons. The van der Waals surface area contributed by atoms with E-state index in [0.29, 0.717) is 12.3 Å². The molecule has 26 heavy (non-hydrogen) atoms. The first-order valence-corrected chi connectivity index (χ1v) is 8.70. The highest BCUT2D eigenvalue weighted by Gasteiger charge is 2.36. The Hall–Kier alpha value is -2.60. The minimum atomic E-state index is -0.552. The highest BCUT2D eigenvalue weighted by Crippen LogP contribution is 2.38. The van der Waals surface area contributed by atoms with Gasteiger partial charge < -0.3 is 13.8 Å². The van der Waals surface area contributed by atoms with Crippen LogP contribution < -0.4 is 0 Å². The van der Waals surface area contributed by atoms with Gasteiger partial charge in [-0.3, -0.25) is 4.79 Å². The third-order valence-electron chi connectivity index (χ3n) is 4.66. The molecule has 7 heteroatoms. The fourth-order valence-electron chi connectivity index (χ4n) is 3.45. The lowest BCUT2D eigenvalue weighted by atomic mass is 10.0. The molecule has 0 saturated carbocycles. The molecule has 2 aromatic heterocycles. The van der Waals surface area contributed by atoms with Crippen LogP contribution in [0.1, 0.15) is 40.8 Å². The van der Waals surface area contributed by atoms with Crippen molar-refractivity contribution in [1.82, 2.24) is 10.1 Å². The quantitative estimate of drug-likeness (QED) is 0.646. The first-order chi connectivity index (χ1) is 12.6. The SMILES string of the molecule is Cc1onc(-c2c(F)cccc2Cl)c1C(=O)N1CCCC1c1ccco1. The van der Waals surface area contributed by atoms with Crippen molar-refractivity contribution in [2.24, 2.45) is 0 Å². The zero-order chi connectivity index (χ0) is 18.3. The Morgan fingerprint density at radius 1 is 1.35 bits per heavy atom. The van der Waals surface area contributed by atoms with Crippen LogP contribution in [0.25, 0.3) is 11.3 Å². The summed E-state index contributed by atoms with van der Waals surface area (Å²) in [4.78, 5) is 15.0. The molecule has 1 unspecified atom stereocenters. The van der Waals surface area contributed by atoms with Gasteiger partial charge in [0, 0.05) is 6.54 Å². The number of halogens is 2. The van der Waals surface area contributed by atoms with Gasteiger partial charge in [0.1, 0.15) is 28.6 Å². The highest BCUT2D eigenvalue weighted by atomic mass is 35.5. The van der Waals surface area contributed by atoms with Gasteiger partial charge in [-0.2, -0.15) is 0 Å². The number of carbonyl (C=O) groups is 1. The van der Waals surface area contributed by atoms with Crippen LogP contribution in [-0.4, -0.2) is 22.5 Å². The molecule has 1 saturated heterocycles. The smallest absolute Gasteiger partial charge is 0.260 e. The maximum Gasteiger partial charge on any atom is 0.260 e. The van der Waals surface area contributed by atoms with Crippen LogP contribution in [0.4, 0.5) is 4.39 Å². The molecule has 0 spiro atoms. The van der Waals surface area contributed by atoms with Gasteiger partial charge in [0.25, 0.3) is 5.91 Å². The van der Waals surface area contributed by atoms with Gasteiger partial charge in [-0.05, 0) is 44.0 Å². The fraction of sp³-hybridized carbons (Fsp3) is 0.263. The standard InChI is InChI=1S/C19H16ClFN2O3/c1-11-16(18(22-26-11)17-12(20)5-2-6-13(17)21)19(24)23-9-3-7-14(23)15-8-4-10-25-15/h2,4-6,8,10,14H,3,7,9H2,1H3. The van der Waals surface area contributed by atoms with E-state index >= 15 is 0 Å². The first-order valence-electron chi connectivity index (χ1n) is 8.33. The Morgan fingerprint density at radius 2 is 2.19 bits per heavy atom. The Kier molecular flexibility index (Phi) is 4.28. The number of furan rings is 1. The van der Waals surface area contributed by atoms with Gasteiger partial charge in [-0.1, -0.05) is 22.8 Å². The van der Waals surface area contributed by atoms with Crippen molar-refractivity contribution in [3.05, 3.63) is 64.5 Å². The van der Waals surface area contributed by atoms with Gasteiger partial charge in [0.15, 0.2) is 0 Å². The topological polar surface area (TPSA) is 59.5 Å². The van der Waals surface area contributed by atoms with Crippen LogP contribution in [-0.2, 0) is 0 Å². The van der Waals surface area contributed by atoms with E-state index in [9.17, 15) is 9.18 Å². The Bertz CT molecular complexity index is 932. The van der Waals surface area contributed by atoms with E-state index in [-0.39, 0.29) is 33.8 Å². The van der Waals surface area contributed by atoms with Crippen molar-refractivity contribution in [2.75, 3.05) is 6.54 Å². The molecular formula is C19H16ClFN2O3. The van der Waals surface area contributed by atoms with E-state index in [1.54, 1.807) is 30.2 Å². The number of amides is 1. The average Bonchev–Trinajstić information content (AvgIpc) is 3.34. The van der Waals surface area contributed by atoms with Crippen LogP contribution >= 0.6 is 11.6 Å². The van der Waals surface area contributed by atoms with Crippen molar-refractivity contribution < 1.29 is 18.1 Å². The number of likely N-dealkylation sites (tertiary alicyclic amines) is 1. The largest absolute Gasteiger partial charge is 0.467 e. The molecule has 0 radical (unpaired) electrons. The third-order valence-corrected chi connectivity index (χ3v) is 4.98. The number of rotatable bonds is 3. The van der Waals surface area contributed by atoms with Crippen LogP contribution in [0.15, 0.2) is 45.5 Å². The van der Waals surface area contributed by atoms with Crippen molar-refractivity contribution in [3.63, 3.8) is 0 Å². The van der Waals surface area contributed by atoms with Gasteiger partial charge in [0.2, 0.25) is 0 Å².